The molecular weight excluding hydrogens is 265 g/mol. The van der Waals surface area contributed by atoms with Crippen LogP contribution < -0.4 is 0 Å². The van der Waals surface area contributed by atoms with Gasteiger partial charge in [0.1, 0.15) is 12.1 Å². The Morgan fingerprint density at radius 3 is 3.05 bits per heavy atom. The van der Waals surface area contributed by atoms with Gasteiger partial charge < -0.3 is 10.0 Å². The molecule has 1 N–H and O–H groups in total. The van der Waals surface area contributed by atoms with Crippen LogP contribution in [0.1, 0.15) is 30.7 Å². The molecule has 0 aliphatic carbocycles. The van der Waals surface area contributed by atoms with Crippen LogP contribution in [0.5, 0.6) is 0 Å². The Bertz CT molecular complexity index is 832. The number of hydrogen-bond donors (Lipinski definition) is 1. The third kappa shape index (κ3) is 1.67. The number of rotatable bonds is 1. The van der Waals surface area contributed by atoms with Crippen LogP contribution in [-0.2, 0) is 6.54 Å². The second-order valence-electron chi connectivity index (χ2n) is 4.27. The van der Waals surface area contributed by atoms with Crippen molar-refractivity contribution >= 4 is 11.9 Å². The maximum atomic E-state index is 13.5. The maximum Gasteiger partial charge on any atom is 0.356 e. The van der Waals surface area contributed by atoms with E-state index in [1.54, 1.807) is 0 Å². The number of aromatic nitrogens is 2. The normalized spacial score (nSPS) is 16.6. The third-order valence-corrected chi connectivity index (χ3v) is 3.07. The number of amides is 1. The second kappa shape index (κ2) is 4.16. The number of benzene rings is 1. The monoisotopic (exact) mass is 278 g/mol. The zero-order valence-corrected chi connectivity index (χ0v) is 10.00. The number of fused-ring (bicyclic) bond motifs is 3. The van der Waals surface area contributed by atoms with Crippen LogP contribution in [0.25, 0.3) is 5.69 Å². The first-order valence-corrected chi connectivity index (χ1v) is 5.61. The third-order valence-electron chi connectivity index (χ3n) is 3.07. The fourth-order valence-corrected chi connectivity index (χ4v) is 2.17. The van der Waals surface area contributed by atoms with Crippen LogP contribution in [0.4, 0.5) is 4.39 Å². The molecule has 0 radical (unpaired) electrons. The van der Waals surface area contributed by atoms with E-state index >= 15 is 0 Å². The summed E-state index contributed by atoms with van der Waals surface area (Å²) in [5.41, 5.74) is -0.316. The Morgan fingerprint density at radius 1 is 1.55 bits per heavy atom. The van der Waals surface area contributed by atoms with E-state index < -0.39 is 31.2 Å². The Balaban J connectivity index is 2.32. The number of nitrogens with zero attached hydrogens (tertiary/aromatic N) is 3. The topological polar surface area (TPSA) is 75.4 Å². The van der Waals surface area contributed by atoms with Gasteiger partial charge in [-0.05, 0) is 18.2 Å². The van der Waals surface area contributed by atoms with Crippen molar-refractivity contribution in [2.45, 2.75) is 6.54 Å². The lowest BCUT2D eigenvalue weighted by Gasteiger charge is -2.14. The summed E-state index contributed by atoms with van der Waals surface area (Å²) in [4.78, 5) is 28.0. The van der Waals surface area contributed by atoms with Gasteiger partial charge in [0.25, 0.3) is 5.91 Å². The zero-order chi connectivity index (χ0) is 16.9. The molecule has 1 amide bonds. The van der Waals surface area contributed by atoms with Crippen molar-refractivity contribution < 1.29 is 23.2 Å². The van der Waals surface area contributed by atoms with Crippen molar-refractivity contribution in [1.29, 1.82) is 0 Å². The largest absolute Gasteiger partial charge is 0.476 e. The number of halogens is 1. The molecule has 1 aromatic heterocycles. The molecule has 0 spiro atoms. The molecule has 0 bridgehead atoms. The summed E-state index contributed by atoms with van der Waals surface area (Å²) < 4.78 is 37.3. The summed E-state index contributed by atoms with van der Waals surface area (Å²) in [7, 11) is 0. The Hall–Kier alpha value is -2.70. The van der Waals surface area contributed by atoms with Crippen LogP contribution in [-0.4, -0.2) is 38.4 Å². The predicted octanol–water partition coefficient (Wildman–Crippen LogP) is 1.30. The summed E-state index contributed by atoms with van der Waals surface area (Å²) in [6, 6.07) is 3.30. The highest BCUT2D eigenvalue weighted by Gasteiger charge is 2.28. The molecule has 0 atom stereocenters. The molecule has 1 aliphatic rings. The van der Waals surface area contributed by atoms with Crippen molar-refractivity contribution in [2.24, 2.45) is 0 Å². The molecule has 7 heteroatoms. The van der Waals surface area contributed by atoms with Crippen molar-refractivity contribution in [3.63, 3.8) is 0 Å². The van der Waals surface area contributed by atoms with E-state index in [9.17, 15) is 19.1 Å². The van der Waals surface area contributed by atoms with Crippen LogP contribution in [0.3, 0.4) is 0 Å². The van der Waals surface area contributed by atoms with E-state index in [0.717, 1.165) is 12.1 Å². The fraction of sp³-hybridized carbons (Fsp3) is 0.154. The van der Waals surface area contributed by atoms with Gasteiger partial charge in [-0.2, -0.15) is 0 Å². The number of carboxylic acid groups (broad SMARTS) is 1. The molecule has 0 saturated carbocycles. The van der Waals surface area contributed by atoms with Crippen LogP contribution in [0.2, 0.25) is 0 Å². The first-order valence-electron chi connectivity index (χ1n) is 7.11. The highest BCUT2D eigenvalue weighted by atomic mass is 19.1. The quantitative estimate of drug-likeness (QED) is 0.853. The Kier molecular flexibility index (Phi) is 1.92. The zero-order valence-electron chi connectivity index (χ0n) is 13.0. The van der Waals surface area contributed by atoms with Gasteiger partial charge in [-0.25, -0.2) is 14.2 Å². The minimum atomic E-state index is -2.81. The summed E-state index contributed by atoms with van der Waals surface area (Å²) in [6.07, 6.45) is 1.17. The van der Waals surface area contributed by atoms with E-state index in [2.05, 4.69) is 4.98 Å². The standard InChI is InChI=1S/C13H10FN3O3/c1-16-5-10-11(13(19)20)15-6-17(10)9-3-2-7(14)4-8(9)12(16)18/h2-4,6H,5H2,1H3,(H,19,20)/i1D3. The smallest absolute Gasteiger partial charge is 0.356 e. The van der Waals surface area contributed by atoms with Crippen molar-refractivity contribution in [2.75, 3.05) is 6.98 Å². The average Bonchev–Trinajstić information content (AvgIpc) is 2.81. The van der Waals surface area contributed by atoms with E-state index in [-0.39, 0.29) is 22.6 Å². The lowest BCUT2D eigenvalue weighted by atomic mass is 10.1. The van der Waals surface area contributed by atoms with E-state index in [1.807, 2.05) is 0 Å². The van der Waals surface area contributed by atoms with Crippen molar-refractivity contribution in [3.05, 3.63) is 47.3 Å². The number of imidazole rings is 1. The minimum absolute atomic E-state index is 0.0346. The summed E-state index contributed by atoms with van der Waals surface area (Å²) in [5.74, 6) is -2.95. The molecule has 20 heavy (non-hydrogen) atoms. The lowest BCUT2D eigenvalue weighted by Crippen LogP contribution is -2.25. The first kappa shape index (κ1) is 9.24. The molecule has 6 nitrogen and oxygen atoms in total. The summed E-state index contributed by atoms with van der Waals surface area (Å²) in [5, 5.41) is 9.19. The van der Waals surface area contributed by atoms with Crippen molar-refractivity contribution in [3.8, 4) is 5.69 Å². The highest BCUT2D eigenvalue weighted by molar-refractivity contribution is 5.98. The van der Waals surface area contributed by atoms with Crippen molar-refractivity contribution in [1.82, 2.24) is 14.5 Å². The van der Waals surface area contributed by atoms with Crippen LogP contribution >= 0.6 is 0 Å². The molecule has 1 aromatic carbocycles. The highest BCUT2D eigenvalue weighted by Crippen LogP contribution is 2.26. The molecule has 1 aliphatic heterocycles. The number of carbonyl (C=O) groups is 2. The summed E-state index contributed by atoms with van der Waals surface area (Å²) in [6.45, 7) is -3.29. The van der Waals surface area contributed by atoms with Gasteiger partial charge in [0.05, 0.1) is 23.5 Å². The summed E-state index contributed by atoms with van der Waals surface area (Å²) >= 11 is 0. The van der Waals surface area contributed by atoms with E-state index in [4.69, 9.17) is 4.11 Å². The lowest BCUT2D eigenvalue weighted by molar-refractivity contribution is 0.0683. The number of carbonyl (C=O) groups excluding carboxylic acids is 1. The predicted molar refractivity (Wildman–Crippen MR) is 66.3 cm³/mol. The van der Waals surface area contributed by atoms with E-state index in [1.165, 1.54) is 17.0 Å². The molecule has 0 fully saturated rings. The number of aromatic carboxylic acids is 1. The number of carboxylic acids is 1. The molecule has 0 unspecified atom stereocenters. The molecule has 2 heterocycles. The van der Waals surface area contributed by atoms with Gasteiger partial charge in [0, 0.05) is 11.1 Å². The Labute approximate surface area is 117 Å². The fourth-order valence-electron chi connectivity index (χ4n) is 2.17. The van der Waals surface area contributed by atoms with Crippen LogP contribution in [0.15, 0.2) is 24.5 Å². The van der Waals surface area contributed by atoms with Gasteiger partial charge in [0.2, 0.25) is 0 Å². The molecule has 2 aromatic rings. The maximum absolute atomic E-state index is 13.5. The van der Waals surface area contributed by atoms with Gasteiger partial charge >= 0.3 is 5.97 Å². The van der Waals surface area contributed by atoms with E-state index in [0.29, 0.717) is 4.90 Å². The van der Waals surface area contributed by atoms with Gasteiger partial charge in [-0.15, -0.1) is 0 Å². The van der Waals surface area contributed by atoms with Gasteiger partial charge in [-0.1, -0.05) is 0 Å². The Morgan fingerprint density at radius 2 is 2.35 bits per heavy atom. The molecule has 3 rings (SSSR count). The minimum Gasteiger partial charge on any atom is -0.476 e. The van der Waals surface area contributed by atoms with Gasteiger partial charge in [-0.3, -0.25) is 9.36 Å². The molecule has 0 saturated heterocycles. The first-order chi connectivity index (χ1) is 10.7. The second-order valence-corrected chi connectivity index (χ2v) is 4.27. The number of hydrogen-bond acceptors (Lipinski definition) is 3. The average molecular weight is 278 g/mol. The SMILES string of the molecule is [2H]C([2H])([2H])N1Cc2c(C(=O)O)ncn2-c2ccc(F)cc2C1=O. The van der Waals surface area contributed by atoms with Gasteiger partial charge in [0.15, 0.2) is 5.69 Å². The molecular formula is C13H10FN3O3. The van der Waals surface area contributed by atoms with Crippen LogP contribution in [0, 0.1) is 5.82 Å². The molecule has 102 valence electrons.